The summed E-state index contributed by atoms with van der Waals surface area (Å²) in [6.07, 6.45) is 2.53. The quantitative estimate of drug-likeness (QED) is 0.830. The molecule has 0 unspecified atom stereocenters. The summed E-state index contributed by atoms with van der Waals surface area (Å²) in [4.78, 5) is 10.00. The van der Waals surface area contributed by atoms with Crippen molar-refractivity contribution in [3.8, 4) is 0 Å². The lowest BCUT2D eigenvalue weighted by Crippen LogP contribution is -2.52. The molecule has 0 radical (unpaired) electrons. The van der Waals surface area contributed by atoms with Gasteiger partial charge in [-0.25, -0.2) is 0 Å². The van der Waals surface area contributed by atoms with Gasteiger partial charge in [0.2, 0.25) is 0 Å². The van der Waals surface area contributed by atoms with Crippen LogP contribution in [-0.4, -0.2) is 40.5 Å². The first kappa shape index (κ1) is 17.7. The minimum Gasteiger partial charge on any atom is -0.301 e. The summed E-state index contributed by atoms with van der Waals surface area (Å²) in [7, 11) is 0. The van der Waals surface area contributed by atoms with E-state index in [4.69, 9.17) is 4.98 Å². The Bertz CT molecular complexity index is 760. The number of pyridine rings is 1. The van der Waals surface area contributed by atoms with Gasteiger partial charge in [-0.05, 0) is 70.0 Å². The fraction of sp³-hybridized carbons (Fsp3) is 0.522. The van der Waals surface area contributed by atoms with Crippen molar-refractivity contribution in [3.63, 3.8) is 0 Å². The van der Waals surface area contributed by atoms with Crippen LogP contribution in [0, 0.1) is 6.92 Å². The Hall–Kier alpha value is -1.71. The van der Waals surface area contributed by atoms with Crippen molar-refractivity contribution in [1.82, 2.24) is 14.8 Å². The number of rotatable bonds is 3. The topological polar surface area (TPSA) is 19.4 Å². The van der Waals surface area contributed by atoms with Gasteiger partial charge in [0.25, 0.3) is 0 Å². The fourth-order valence-electron chi connectivity index (χ4n) is 4.91. The van der Waals surface area contributed by atoms with Gasteiger partial charge in [0.15, 0.2) is 0 Å². The Morgan fingerprint density at radius 1 is 1.04 bits per heavy atom. The maximum absolute atomic E-state index is 4.74. The van der Waals surface area contributed by atoms with Gasteiger partial charge in [-0.3, -0.25) is 9.88 Å². The van der Waals surface area contributed by atoms with E-state index in [1.54, 1.807) is 5.56 Å². The van der Waals surface area contributed by atoms with Crippen LogP contribution in [-0.2, 0) is 18.5 Å². The van der Waals surface area contributed by atoms with E-state index in [1.165, 1.54) is 37.2 Å². The Morgan fingerprint density at radius 3 is 2.54 bits per heavy atom. The summed E-state index contributed by atoms with van der Waals surface area (Å²) in [5, 5.41) is 0. The minimum atomic E-state index is 0.310. The zero-order valence-electron chi connectivity index (χ0n) is 16.4. The van der Waals surface area contributed by atoms with Crippen LogP contribution in [0.15, 0.2) is 42.5 Å². The summed E-state index contributed by atoms with van der Waals surface area (Å²) in [6.45, 7) is 12.3. The molecule has 0 N–H and O–H groups in total. The molecular formula is C23H31N3. The van der Waals surface area contributed by atoms with Gasteiger partial charge in [-0.15, -0.1) is 0 Å². The second-order valence-electron chi connectivity index (χ2n) is 8.48. The highest BCUT2D eigenvalue weighted by molar-refractivity contribution is 5.38. The standard InChI is InChI=1S/C23H31N3/c1-18(2)26-13-11-23(12-14-26)17-25(15-20-8-4-5-10-22(20)23)16-21-9-6-7-19(3)24-21/h4-10,18H,11-17H2,1-3H3. The molecule has 138 valence electrons. The van der Waals surface area contributed by atoms with Crippen LogP contribution in [0.25, 0.3) is 0 Å². The van der Waals surface area contributed by atoms with Crippen LogP contribution < -0.4 is 0 Å². The second-order valence-corrected chi connectivity index (χ2v) is 8.48. The highest BCUT2D eigenvalue weighted by Crippen LogP contribution is 2.42. The maximum atomic E-state index is 4.74. The summed E-state index contributed by atoms with van der Waals surface area (Å²) >= 11 is 0. The van der Waals surface area contributed by atoms with Crippen molar-refractivity contribution in [2.75, 3.05) is 19.6 Å². The lowest BCUT2D eigenvalue weighted by molar-refractivity contribution is 0.0795. The second kappa shape index (κ2) is 7.13. The van der Waals surface area contributed by atoms with Gasteiger partial charge < -0.3 is 4.90 Å². The van der Waals surface area contributed by atoms with E-state index in [2.05, 4.69) is 73.0 Å². The molecule has 0 aliphatic carbocycles. The Morgan fingerprint density at radius 2 is 1.81 bits per heavy atom. The van der Waals surface area contributed by atoms with Crippen molar-refractivity contribution in [1.29, 1.82) is 0 Å². The first-order chi connectivity index (χ1) is 12.6. The highest BCUT2D eigenvalue weighted by atomic mass is 15.2. The molecule has 3 heteroatoms. The number of benzene rings is 1. The molecule has 1 spiro atoms. The van der Waals surface area contributed by atoms with E-state index in [-0.39, 0.29) is 0 Å². The average Bonchev–Trinajstić information content (AvgIpc) is 2.62. The number of piperidine rings is 1. The number of nitrogens with zero attached hydrogens (tertiary/aromatic N) is 3. The normalized spacial score (nSPS) is 20.5. The molecule has 0 saturated carbocycles. The number of fused-ring (bicyclic) bond motifs is 2. The van der Waals surface area contributed by atoms with Crippen molar-refractivity contribution in [2.24, 2.45) is 0 Å². The van der Waals surface area contributed by atoms with Crippen molar-refractivity contribution >= 4 is 0 Å². The van der Waals surface area contributed by atoms with Crippen LogP contribution in [0.1, 0.15) is 49.2 Å². The molecule has 1 aromatic heterocycles. The van der Waals surface area contributed by atoms with Crippen molar-refractivity contribution in [2.45, 2.75) is 58.2 Å². The van der Waals surface area contributed by atoms with Gasteiger partial charge in [-0.1, -0.05) is 30.3 Å². The molecule has 3 nitrogen and oxygen atoms in total. The van der Waals surface area contributed by atoms with E-state index in [0.29, 0.717) is 11.5 Å². The third-order valence-electron chi connectivity index (χ3n) is 6.33. The number of hydrogen-bond acceptors (Lipinski definition) is 3. The molecule has 1 fully saturated rings. The predicted octanol–water partition coefficient (Wildman–Crippen LogP) is 4.15. The average molecular weight is 350 g/mol. The van der Waals surface area contributed by atoms with Crippen LogP contribution >= 0.6 is 0 Å². The van der Waals surface area contributed by atoms with E-state index in [1.807, 2.05) is 0 Å². The van der Waals surface area contributed by atoms with Crippen molar-refractivity contribution < 1.29 is 0 Å². The summed E-state index contributed by atoms with van der Waals surface area (Å²) in [6, 6.07) is 16.2. The van der Waals surface area contributed by atoms with E-state index < -0.39 is 0 Å². The molecular weight excluding hydrogens is 318 g/mol. The molecule has 2 aromatic rings. The predicted molar refractivity (Wildman–Crippen MR) is 107 cm³/mol. The highest BCUT2D eigenvalue weighted by Gasteiger charge is 2.42. The molecule has 3 heterocycles. The lowest BCUT2D eigenvalue weighted by atomic mass is 9.68. The zero-order valence-corrected chi connectivity index (χ0v) is 16.4. The monoisotopic (exact) mass is 349 g/mol. The van der Waals surface area contributed by atoms with E-state index >= 15 is 0 Å². The molecule has 2 aliphatic heterocycles. The molecule has 2 aliphatic rings. The van der Waals surface area contributed by atoms with Crippen LogP contribution in [0.3, 0.4) is 0 Å². The third kappa shape index (κ3) is 3.43. The Labute approximate surface area is 158 Å². The van der Waals surface area contributed by atoms with Crippen LogP contribution in [0.2, 0.25) is 0 Å². The summed E-state index contributed by atoms with van der Waals surface area (Å²) in [5.41, 5.74) is 5.74. The first-order valence-electron chi connectivity index (χ1n) is 10.0. The summed E-state index contributed by atoms with van der Waals surface area (Å²) in [5.74, 6) is 0. The number of aromatic nitrogens is 1. The third-order valence-corrected chi connectivity index (χ3v) is 6.33. The molecule has 4 rings (SSSR count). The number of aryl methyl sites for hydroxylation is 1. The van der Waals surface area contributed by atoms with Gasteiger partial charge in [0.05, 0.1) is 5.69 Å². The lowest BCUT2D eigenvalue weighted by Gasteiger charge is -2.49. The van der Waals surface area contributed by atoms with Crippen LogP contribution in [0.5, 0.6) is 0 Å². The number of likely N-dealkylation sites (tertiary alicyclic amines) is 1. The molecule has 1 aromatic carbocycles. The molecule has 0 bridgehead atoms. The zero-order chi connectivity index (χ0) is 18.1. The molecule has 0 atom stereocenters. The maximum Gasteiger partial charge on any atom is 0.0547 e. The van der Waals surface area contributed by atoms with Gasteiger partial charge in [0, 0.05) is 36.8 Å². The van der Waals surface area contributed by atoms with E-state index in [9.17, 15) is 0 Å². The molecule has 1 saturated heterocycles. The van der Waals surface area contributed by atoms with Gasteiger partial charge in [0.1, 0.15) is 0 Å². The van der Waals surface area contributed by atoms with Gasteiger partial charge >= 0.3 is 0 Å². The smallest absolute Gasteiger partial charge is 0.0547 e. The Balaban J connectivity index is 1.59. The largest absolute Gasteiger partial charge is 0.301 e. The van der Waals surface area contributed by atoms with Gasteiger partial charge in [-0.2, -0.15) is 0 Å². The first-order valence-corrected chi connectivity index (χ1v) is 10.0. The van der Waals surface area contributed by atoms with Crippen molar-refractivity contribution in [3.05, 3.63) is 65.0 Å². The number of hydrogen-bond donors (Lipinski definition) is 0. The SMILES string of the molecule is Cc1cccc(CN2Cc3ccccc3C3(CCN(C(C)C)CC3)C2)n1. The van der Waals surface area contributed by atoms with Crippen LogP contribution in [0.4, 0.5) is 0 Å². The fourth-order valence-corrected chi connectivity index (χ4v) is 4.91. The molecule has 26 heavy (non-hydrogen) atoms. The Kier molecular flexibility index (Phi) is 4.85. The van der Waals surface area contributed by atoms with E-state index in [0.717, 1.165) is 25.3 Å². The minimum absolute atomic E-state index is 0.310. The summed E-state index contributed by atoms with van der Waals surface area (Å²) < 4.78 is 0. The molecule has 0 amide bonds.